The van der Waals surface area contributed by atoms with Crippen LogP contribution in [0.4, 0.5) is 5.69 Å². The number of hydrogen-bond acceptors (Lipinski definition) is 3. The zero-order chi connectivity index (χ0) is 16.7. The Morgan fingerprint density at radius 2 is 1.83 bits per heavy atom. The quantitative estimate of drug-likeness (QED) is 0.529. The molecule has 0 saturated carbocycles. The predicted molar refractivity (Wildman–Crippen MR) is 90.9 cm³/mol. The molecule has 5 nitrogen and oxygen atoms in total. The SMILES string of the molecule is Cc1cc2c(nc(C)n2C(C)c2ccccc2)c([N+](=O)[O-])c1C. The summed E-state index contributed by atoms with van der Waals surface area (Å²) in [6.45, 7) is 7.67. The summed E-state index contributed by atoms with van der Waals surface area (Å²) in [4.78, 5) is 15.7. The van der Waals surface area contributed by atoms with Crippen molar-refractivity contribution in [3.63, 3.8) is 0 Å². The smallest absolute Gasteiger partial charge is 0.300 e. The van der Waals surface area contributed by atoms with E-state index < -0.39 is 0 Å². The Morgan fingerprint density at radius 1 is 1.17 bits per heavy atom. The van der Waals surface area contributed by atoms with Gasteiger partial charge in [0.15, 0.2) is 5.52 Å². The standard InChI is InChI=1S/C18H19N3O2/c1-11-10-16-17(18(12(11)2)21(22)23)19-14(4)20(16)13(3)15-8-6-5-7-9-15/h5-10,13H,1-4H3. The van der Waals surface area contributed by atoms with Gasteiger partial charge in [-0.25, -0.2) is 4.98 Å². The van der Waals surface area contributed by atoms with Gasteiger partial charge in [-0.3, -0.25) is 10.1 Å². The van der Waals surface area contributed by atoms with Crippen molar-refractivity contribution in [1.29, 1.82) is 0 Å². The molecule has 1 atom stereocenters. The van der Waals surface area contributed by atoms with Crippen molar-refractivity contribution in [3.05, 3.63) is 69.0 Å². The second-order valence-electron chi connectivity index (χ2n) is 5.91. The van der Waals surface area contributed by atoms with Crippen molar-refractivity contribution >= 4 is 16.7 Å². The number of benzene rings is 2. The fourth-order valence-electron chi connectivity index (χ4n) is 3.14. The van der Waals surface area contributed by atoms with E-state index in [1.807, 2.05) is 38.1 Å². The second-order valence-corrected chi connectivity index (χ2v) is 5.91. The molecule has 0 bridgehead atoms. The van der Waals surface area contributed by atoms with Gasteiger partial charge in [0.2, 0.25) is 0 Å². The number of aromatic nitrogens is 2. The van der Waals surface area contributed by atoms with Crippen LogP contribution in [0.15, 0.2) is 36.4 Å². The lowest BCUT2D eigenvalue weighted by Gasteiger charge is -2.17. The van der Waals surface area contributed by atoms with Gasteiger partial charge in [0.25, 0.3) is 5.69 Å². The first-order valence-corrected chi connectivity index (χ1v) is 7.60. The molecule has 5 heteroatoms. The van der Waals surface area contributed by atoms with Gasteiger partial charge >= 0.3 is 0 Å². The van der Waals surface area contributed by atoms with Crippen molar-refractivity contribution in [3.8, 4) is 0 Å². The minimum atomic E-state index is -0.325. The van der Waals surface area contributed by atoms with Crippen molar-refractivity contribution in [2.75, 3.05) is 0 Å². The maximum atomic E-state index is 11.5. The summed E-state index contributed by atoms with van der Waals surface area (Å²) in [6.07, 6.45) is 0. The van der Waals surface area contributed by atoms with E-state index in [0.29, 0.717) is 11.1 Å². The van der Waals surface area contributed by atoms with Crippen LogP contribution in [0.2, 0.25) is 0 Å². The number of nitro groups is 1. The summed E-state index contributed by atoms with van der Waals surface area (Å²) in [5.74, 6) is 0.782. The van der Waals surface area contributed by atoms with Gasteiger partial charge in [-0.15, -0.1) is 0 Å². The highest BCUT2D eigenvalue weighted by Gasteiger charge is 2.25. The summed E-state index contributed by atoms with van der Waals surface area (Å²) in [5, 5.41) is 11.5. The Morgan fingerprint density at radius 3 is 2.43 bits per heavy atom. The van der Waals surface area contributed by atoms with Crippen LogP contribution >= 0.6 is 0 Å². The number of fused-ring (bicyclic) bond motifs is 1. The van der Waals surface area contributed by atoms with Crippen LogP contribution in [-0.2, 0) is 0 Å². The van der Waals surface area contributed by atoms with Crippen LogP contribution in [0.25, 0.3) is 11.0 Å². The normalized spacial score (nSPS) is 12.5. The Balaban J connectivity index is 2.31. The number of aryl methyl sites for hydroxylation is 2. The number of imidazole rings is 1. The van der Waals surface area contributed by atoms with Crippen LogP contribution in [0, 0.1) is 30.9 Å². The molecular formula is C18H19N3O2. The fourth-order valence-corrected chi connectivity index (χ4v) is 3.14. The molecule has 0 aliphatic rings. The second kappa shape index (κ2) is 5.50. The highest BCUT2D eigenvalue weighted by molar-refractivity contribution is 5.88. The van der Waals surface area contributed by atoms with Gasteiger partial charge in [-0.05, 0) is 44.9 Å². The molecule has 1 unspecified atom stereocenters. The third kappa shape index (κ3) is 2.38. The van der Waals surface area contributed by atoms with E-state index in [0.717, 1.165) is 22.5 Å². The molecule has 0 saturated heterocycles. The Kier molecular flexibility index (Phi) is 3.64. The van der Waals surface area contributed by atoms with Crippen LogP contribution in [-0.4, -0.2) is 14.5 Å². The largest absolute Gasteiger partial charge is 0.321 e. The van der Waals surface area contributed by atoms with Crippen LogP contribution in [0.1, 0.15) is 35.5 Å². The molecule has 0 amide bonds. The average molecular weight is 309 g/mol. The molecule has 0 spiro atoms. The molecule has 0 aliphatic heterocycles. The van der Waals surface area contributed by atoms with Crippen molar-refractivity contribution in [2.24, 2.45) is 0 Å². The Hall–Kier alpha value is -2.69. The van der Waals surface area contributed by atoms with E-state index in [-0.39, 0.29) is 16.7 Å². The summed E-state index contributed by atoms with van der Waals surface area (Å²) in [5.41, 5.74) is 4.13. The molecule has 1 aromatic heterocycles. The van der Waals surface area contributed by atoms with Crippen LogP contribution in [0.5, 0.6) is 0 Å². The lowest BCUT2D eigenvalue weighted by atomic mass is 10.0. The van der Waals surface area contributed by atoms with E-state index in [1.54, 1.807) is 6.92 Å². The molecule has 118 valence electrons. The molecule has 0 fully saturated rings. The van der Waals surface area contributed by atoms with E-state index in [1.165, 1.54) is 0 Å². The summed E-state index contributed by atoms with van der Waals surface area (Å²) in [7, 11) is 0. The van der Waals surface area contributed by atoms with Crippen LogP contribution in [0.3, 0.4) is 0 Å². The Bertz CT molecular complexity index is 898. The average Bonchev–Trinajstić information content (AvgIpc) is 2.83. The molecule has 0 N–H and O–H groups in total. The minimum absolute atomic E-state index is 0.0583. The highest BCUT2D eigenvalue weighted by atomic mass is 16.6. The van der Waals surface area contributed by atoms with E-state index >= 15 is 0 Å². The van der Waals surface area contributed by atoms with E-state index in [4.69, 9.17) is 0 Å². The van der Waals surface area contributed by atoms with Crippen LogP contribution < -0.4 is 0 Å². The highest BCUT2D eigenvalue weighted by Crippen LogP contribution is 2.34. The fraction of sp³-hybridized carbons (Fsp3) is 0.278. The van der Waals surface area contributed by atoms with Crippen molar-refractivity contribution in [2.45, 2.75) is 33.7 Å². The minimum Gasteiger partial charge on any atom is -0.321 e. The van der Waals surface area contributed by atoms with Gasteiger partial charge in [0, 0.05) is 5.56 Å². The summed E-state index contributed by atoms with van der Waals surface area (Å²) in [6, 6.07) is 12.2. The predicted octanol–water partition coefficient (Wildman–Crippen LogP) is 4.48. The number of nitro benzene ring substituents is 1. The summed E-state index contributed by atoms with van der Waals surface area (Å²) < 4.78 is 2.07. The third-order valence-electron chi connectivity index (χ3n) is 4.50. The van der Waals surface area contributed by atoms with Gasteiger partial charge in [0.1, 0.15) is 5.82 Å². The number of rotatable bonds is 3. The monoisotopic (exact) mass is 309 g/mol. The molecule has 3 aromatic rings. The molecule has 23 heavy (non-hydrogen) atoms. The maximum Gasteiger partial charge on any atom is 0.300 e. The zero-order valence-electron chi connectivity index (χ0n) is 13.7. The molecule has 0 radical (unpaired) electrons. The van der Waals surface area contributed by atoms with Gasteiger partial charge in [-0.2, -0.15) is 0 Å². The molecule has 2 aromatic carbocycles. The molecule has 3 rings (SSSR count). The maximum absolute atomic E-state index is 11.5. The lowest BCUT2D eigenvalue weighted by molar-refractivity contribution is -0.383. The third-order valence-corrected chi connectivity index (χ3v) is 4.50. The topological polar surface area (TPSA) is 61.0 Å². The van der Waals surface area contributed by atoms with Gasteiger partial charge in [0.05, 0.1) is 16.5 Å². The van der Waals surface area contributed by atoms with Gasteiger partial charge in [-0.1, -0.05) is 30.3 Å². The molecule has 0 aliphatic carbocycles. The van der Waals surface area contributed by atoms with E-state index in [9.17, 15) is 10.1 Å². The molecule has 1 heterocycles. The van der Waals surface area contributed by atoms with Gasteiger partial charge < -0.3 is 4.57 Å². The Labute approximate surface area is 134 Å². The first-order valence-electron chi connectivity index (χ1n) is 7.60. The zero-order valence-corrected chi connectivity index (χ0v) is 13.7. The lowest BCUT2D eigenvalue weighted by Crippen LogP contribution is -2.08. The number of hydrogen-bond donors (Lipinski definition) is 0. The molecular weight excluding hydrogens is 290 g/mol. The van der Waals surface area contributed by atoms with Crippen molar-refractivity contribution < 1.29 is 4.92 Å². The first kappa shape index (κ1) is 15.2. The van der Waals surface area contributed by atoms with Crippen molar-refractivity contribution in [1.82, 2.24) is 9.55 Å². The number of nitrogens with zero attached hydrogens (tertiary/aromatic N) is 3. The van der Waals surface area contributed by atoms with E-state index in [2.05, 4.69) is 28.6 Å². The summed E-state index contributed by atoms with van der Waals surface area (Å²) >= 11 is 0. The first-order chi connectivity index (χ1) is 10.9.